The first-order chi connectivity index (χ1) is 10.3. The minimum absolute atomic E-state index is 0.0305. The van der Waals surface area contributed by atoms with E-state index in [1.54, 1.807) is 0 Å². The largest absolute Gasteiger partial charge is 0.478 e. The van der Waals surface area contributed by atoms with Crippen LogP contribution in [0.25, 0.3) is 0 Å². The van der Waals surface area contributed by atoms with Gasteiger partial charge in [-0.3, -0.25) is 0 Å². The maximum Gasteiger partial charge on any atom is 0.435 e. The summed E-state index contributed by atoms with van der Waals surface area (Å²) in [6.07, 6.45) is -12.5. The fraction of sp³-hybridized carbons (Fsp3) is 0.462. The molecular formula is C13H11F7O2S. The number of carboxylic acids is 1. The van der Waals surface area contributed by atoms with Crippen LogP contribution in [0.5, 0.6) is 0 Å². The number of carboxylic acid groups (broad SMARTS) is 1. The monoisotopic (exact) mass is 364 g/mol. The van der Waals surface area contributed by atoms with E-state index in [-0.39, 0.29) is 17.4 Å². The van der Waals surface area contributed by atoms with Gasteiger partial charge in [0, 0.05) is 10.5 Å². The van der Waals surface area contributed by atoms with E-state index >= 15 is 0 Å². The molecule has 1 rings (SSSR count). The molecule has 0 aliphatic carbocycles. The van der Waals surface area contributed by atoms with E-state index in [0.717, 1.165) is 6.92 Å². The van der Waals surface area contributed by atoms with Gasteiger partial charge < -0.3 is 5.11 Å². The predicted octanol–water partition coefficient (Wildman–Crippen LogP) is 5.09. The Hall–Kier alpha value is -1.45. The maximum atomic E-state index is 14.2. The third kappa shape index (κ3) is 3.26. The number of halogens is 7. The molecule has 1 N–H and O–H groups in total. The lowest BCUT2D eigenvalue weighted by Gasteiger charge is -2.32. The Balaban J connectivity index is 3.82. The van der Waals surface area contributed by atoms with Gasteiger partial charge in [0.15, 0.2) is 0 Å². The third-order valence-electron chi connectivity index (χ3n) is 3.08. The average molecular weight is 364 g/mol. The van der Waals surface area contributed by atoms with Gasteiger partial charge in [0.2, 0.25) is 0 Å². The van der Waals surface area contributed by atoms with Crippen molar-refractivity contribution in [2.75, 3.05) is 5.75 Å². The summed E-state index contributed by atoms with van der Waals surface area (Å²) in [6.45, 7) is 2.47. The van der Waals surface area contributed by atoms with Gasteiger partial charge in [0.05, 0.1) is 5.56 Å². The highest BCUT2D eigenvalue weighted by Gasteiger charge is 2.74. The van der Waals surface area contributed by atoms with Crippen LogP contribution in [0.1, 0.15) is 28.4 Å². The molecule has 0 atom stereocenters. The van der Waals surface area contributed by atoms with Crippen LogP contribution in [0.3, 0.4) is 0 Å². The lowest BCUT2D eigenvalue weighted by Crippen LogP contribution is -2.50. The molecule has 0 saturated heterocycles. The molecule has 0 spiro atoms. The SMILES string of the molecule is CCSc1c(C(F)(C(F)(F)F)C(F)(F)F)ccc(C(=O)O)c1C. The number of carbonyl (C=O) groups is 1. The zero-order chi connectivity index (χ0) is 18.2. The zero-order valence-corrected chi connectivity index (χ0v) is 12.6. The van der Waals surface area contributed by atoms with E-state index in [4.69, 9.17) is 5.11 Å². The summed E-state index contributed by atoms with van der Waals surface area (Å²) >= 11 is 0.516. The molecule has 0 amide bonds. The Morgan fingerprint density at radius 1 is 1.09 bits per heavy atom. The Morgan fingerprint density at radius 3 is 1.91 bits per heavy atom. The number of hydrogen-bond acceptors (Lipinski definition) is 2. The summed E-state index contributed by atoms with van der Waals surface area (Å²) in [5, 5.41) is 8.92. The van der Waals surface area contributed by atoms with Crippen molar-refractivity contribution in [3.05, 3.63) is 28.8 Å². The summed E-state index contributed by atoms with van der Waals surface area (Å²) in [5.74, 6) is -1.50. The van der Waals surface area contributed by atoms with Crippen molar-refractivity contribution in [2.24, 2.45) is 0 Å². The topological polar surface area (TPSA) is 37.3 Å². The van der Waals surface area contributed by atoms with Crippen molar-refractivity contribution in [3.63, 3.8) is 0 Å². The Morgan fingerprint density at radius 2 is 1.57 bits per heavy atom. The molecule has 23 heavy (non-hydrogen) atoms. The molecule has 0 fully saturated rings. The van der Waals surface area contributed by atoms with E-state index < -0.39 is 40.0 Å². The van der Waals surface area contributed by atoms with E-state index in [0.29, 0.717) is 17.8 Å². The van der Waals surface area contributed by atoms with Crippen LogP contribution >= 0.6 is 11.8 Å². The molecule has 10 heteroatoms. The van der Waals surface area contributed by atoms with Crippen LogP contribution < -0.4 is 0 Å². The molecule has 0 radical (unpaired) electrons. The highest BCUT2D eigenvalue weighted by atomic mass is 32.2. The summed E-state index contributed by atoms with van der Waals surface area (Å²) in [7, 11) is 0. The van der Waals surface area contributed by atoms with E-state index in [2.05, 4.69) is 0 Å². The number of benzene rings is 1. The number of hydrogen-bond donors (Lipinski definition) is 1. The molecule has 0 aliphatic heterocycles. The summed E-state index contributed by atoms with van der Waals surface area (Å²) in [4.78, 5) is 10.3. The molecular weight excluding hydrogens is 353 g/mol. The number of thioether (sulfide) groups is 1. The fourth-order valence-corrected chi connectivity index (χ4v) is 2.97. The van der Waals surface area contributed by atoms with Crippen molar-refractivity contribution in [2.45, 2.75) is 36.8 Å². The third-order valence-corrected chi connectivity index (χ3v) is 4.18. The van der Waals surface area contributed by atoms with E-state index in [9.17, 15) is 35.5 Å². The van der Waals surface area contributed by atoms with Crippen molar-refractivity contribution >= 4 is 17.7 Å². The number of rotatable bonds is 4. The lowest BCUT2D eigenvalue weighted by molar-refractivity contribution is -0.349. The lowest BCUT2D eigenvalue weighted by atomic mass is 9.91. The Labute approximate surface area is 130 Å². The molecule has 130 valence electrons. The maximum absolute atomic E-state index is 14.2. The predicted molar refractivity (Wildman–Crippen MR) is 69.4 cm³/mol. The van der Waals surface area contributed by atoms with Gasteiger partial charge in [-0.1, -0.05) is 13.0 Å². The molecule has 0 aromatic heterocycles. The standard InChI is InChI=1S/C13H11F7O2S/c1-3-23-9-6(2)7(10(21)22)4-5-8(9)11(14,12(15,16)17)13(18,19)20/h4-5H,3H2,1-2H3,(H,21,22). The van der Waals surface area contributed by atoms with Gasteiger partial charge in [-0.05, 0) is 24.3 Å². The molecule has 2 nitrogen and oxygen atoms in total. The summed E-state index contributed by atoms with van der Waals surface area (Å²) < 4.78 is 91.5. The second-order valence-corrected chi connectivity index (χ2v) is 5.78. The average Bonchev–Trinajstić information content (AvgIpc) is 2.37. The second-order valence-electron chi connectivity index (χ2n) is 4.51. The first kappa shape index (κ1) is 19.6. The van der Waals surface area contributed by atoms with E-state index in [1.807, 2.05) is 0 Å². The van der Waals surface area contributed by atoms with Gasteiger partial charge in [-0.25, -0.2) is 9.18 Å². The van der Waals surface area contributed by atoms with E-state index in [1.165, 1.54) is 6.92 Å². The first-order valence-electron chi connectivity index (χ1n) is 6.11. The molecule has 0 bridgehead atoms. The van der Waals surface area contributed by atoms with Crippen LogP contribution in [0.4, 0.5) is 30.7 Å². The van der Waals surface area contributed by atoms with Crippen LogP contribution in [0.15, 0.2) is 17.0 Å². The van der Waals surface area contributed by atoms with Gasteiger partial charge in [0.25, 0.3) is 0 Å². The minimum Gasteiger partial charge on any atom is -0.478 e. The van der Waals surface area contributed by atoms with Crippen molar-refractivity contribution in [1.29, 1.82) is 0 Å². The number of alkyl halides is 7. The van der Waals surface area contributed by atoms with Crippen LogP contribution in [0, 0.1) is 6.92 Å². The highest BCUT2D eigenvalue weighted by molar-refractivity contribution is 7.99. The summed E-state index contributed by atoms with van der Waals surface area (Å²) in [5.41, 5.74) is -8.07. The van der Waals surface area contributed by atoms with Crippen molar-refractivity contribution < 1.29 is 40.6 Å². The molecule has 1 aromatic rings. The molecule has 0 saturated carbocycles. The molecule has 0 heterocycles. The Kier molecular flexibility index (Phi) is 5.30. The molecule has 0 unspecified atom stereocenters. The quantitative estimate of drug-likeness (QED) is 0.597. The van der Waals surface area contributed by atoms with Crippen LogP contribution in [0.2, 0.25) is 0 Å². The van der Waals surface area contributed by atoms with Crippen molar-refractivity contribution in [3.8, 4) is 0 Å². The van der Waals surface area contributed by atoms with Gasteiger partial charge in [0.1, 0.15) is 0 Å². The zero-order valence-electron chi connectivity index (χ0n) is 11.8. The first-order valence-corrected chi connectivity index (χ1v) is 7.10. The van der Waals surface area contributed by atoms with Crippen molar-refractivity contribution in [1.82, 2.24) is 0 Å². The van der Waals surface area contributed by atoms with Crippen LogP contribution in [-0.2, 0) is 5.67 Å². The van der Waals surface area contributed by atoms with Crippen LogP contribution in [-0.4, -0.2) is 29.2 Å². The minimum atomic E-state index is -6.24. The Bertz CT molecular complexity index is 594. The summed E-state index contributed by atoms with van der Waals surface area (Å²) in [6, 6.07) is 0.772. The molecule has 0 aliphatic rings. The highest BCUT2D eigenvalue weighted by Crippen LogP contribution is 2.55. The van der Waals surface area contributed by atoms with Gasteiger partial charge in [-0.15, -0.1) is 11.8 Å². The van der Waals surface area contributed by atoms with Gasteiger partial charge >= 0.3 is 24.0 Å². The second kappa shape index (κ2) is 6.21. The van der Waals surface area contributed by atoms with Gasteiger partial charge in [-0.2, -0.15) is 26.3 Å². The smallest absolute Gasteiger partial charge is 0.435 e. The fourth-order valence-electron chi connectivity index (χ4n) is 1.99. The molecule has 1 aromatic carbocycles. The normalized spacial score (nSPS) is 13.3. The number of aromatic carboxylic acids is 1.